The third-order valence-corrected chi connectivity index (χ3v) is 10.4. The predicted molar refractivity (Wildman–Crippen MR) is 211 cm³/mol. The number of nitrogens with one attached hydrogen (secondary N) is 4. The van der Waals surface area contributed by atoms with Crippen molar-refractivity contribution >= 4 is 40.3 Å². The number of fused-ring (bicyclic) bond motifs is 2. The number of amides is 5. The molecule has 7 rings (SSSR count). The zero-order valence-electron chi connectivity index (χ0n) is 32.4. The summed E-state index contributed by atoms with van der Waals surface area (Å²) in [6.07, 6.45) is 1.17. The molecule has 0 spiro atoms. The first kappa shape index (κ1) is 40.7. The molecule has 5 amide bonds. The van der Waals surface area contributed by atoms with E-state index in [4.69, 9.17) is 14.6 Å². The molecule has 17 heteroatoms. The van der Waals surface area contributed by atoms with Crippen LogP contribution in [0.2, 0.25) is 0 Å². The number of aromatic nitrogens is 3. The Bertz CT molecular complexity index is 2380. The number of pyridine rings is 1. The lowest BCUT2D eigenvalue weighted by atomic mass is 9.86. The number of carbonyl (C=O) groups excluding carboxylic acids is 4. The van der Waals surface area contributed by atoms with Crippen LogP contribution in [0.25, 0.3) is 10.9 Å². The van der Waals surface area contributed by atoms with E-state index in [2.05, 4.69) is 31.2 Å². The van der Waals surface area contributed by atoms with E-state index in [1.165, 1.54) is 13.2 Å². The second-order valence-electron chi connectivity index (χ2n) is 14.7. The Kier molecular flexibility index (Phi) is 12.1. The van der Waals surface area contributed by atoms with Gasteiger partial charge in [0.25, 0.3) is 11.8 Å². The first-order valence-electron chi connectivity index (χ1n) is 19.2. The van der Waals surface area contributed by atoms with Crippen LogP contribution < -0.4 is 30.7 Å². The van der Waals surface area contributed by atoms with Crippen LogP contribution >= 0.6 is 0 Å². The smallest absolute Gasteiger partial charge is 0.433 e. The molecule has 0 atom stereocenters. The molecule has 14 nitrogen and oxygen atoms in total. The van der Waals surface area contributed by atoms with Crippen LogP contribution in [0.3, 0.4) is 0 Å². The maximum atomic E-state index is 13.1. The number of hydrogen-bond acceptors (Lipinski definition) is 9. The monoisotopic (exact) mass is 812 g/mol. The van der Waals surface area contributed by atoms with Crippen molar-refractivity contribution in [1.29, 1.82) is 0 Å². The lowest BCUT2D eigenvalue weighted by molar-refractivity contribution is -0.141. The molecule has 1 saturated carbocycles. The third-order valence-electron chi connectivity index (χ3n) is 10.4. The number of methoxy groups -OCH3 is 1. The van der Waals surface area contributed by atoms with Gasteiger partial charge in [0, 0.05) is 43.8 Å². The molecule has 1 aliphatic carbocycles. The minimum absolute atomic E-state index is 0.104. The van der Waals surface area contributed by atoms with Gasteiger partial charge >= 0.3 is 12.2 Å². The fourth-order valence-electron chi connectivity index (χ4n) is 7.48. The van der Waals surface area contributed by atoms with Gasteiger partial charge in [-0.05, 0) is 86.2 Å². The number of rotatable bonds is 13. The Hall–Kier alpha value is -6.49. The molecule has 4 N–H and O–H groups in total. The lowest BCUT2D eigenvalue weighted by Gasteiger charge is -2.31. The molecule has 0 bridgehead atoms. The second-order valence-corrected chi connectivity index (χ2v) is 14.7. The molecule has 0 unspecified atom stereocenters. The summed E-state index contributed by atoms with van der Waals surface area (Å²) in [4.78, 5) is 55.4. The predicted octanol–water partition coefficient (Wildman–Crippen LogP) is 6.48. The Morgan fingerprint density at radius 1 is 0.966 bits per heavy atom. The molecule has 3 heterocycles. The summed E-state index contributed by atoms with van der Waals surface area (Å²) in [5, 5.41) is 16.3. The first-order chi connectivity index (χ1) is 28.3. The molecule has 0 radical (unpaired) electrons. The highest BCUT2D eigenvalue weighted by Gasteiger charge is 2.33. The van der Waals surface area contributed by atoms with E-state index in [1.54, 1.807) is 48.5 Å². The number of benzene rings is 3. The first-order valence-corrected chi connectivity index (χ1v) is 19.2. The van der Waals surface area contributed by atoms with Crippen molar-refractivity contribution < 1.29 is 41.8 Å². The quantitative estimate of drug-likeness (QED) is 0.0974. The van der Waals surface area contributed by atoms with E-state index in [1.807, 2.05) is 24.0 Å². The van der Waals surface area contributed by atoms with Gasteiger partial charge in [-0.2, -0.15) is 18.3 Å². The maximum absolute atomic E-state index is 13.1. The van der Waals surface area contributed by atoms with Crippen molar-refractivity contribution in [1.82, 2.24) is 35.6 Å². The van der Waals surface area contributed by atoms with Crippen LogP contribution in [0.5, 0.6) is 17.2 Å². The van der Waals surface area contributed by atoms with Crippen LogP contribution in [0, 0.1) is 5.92 Å². The maximum Gasteiger partial charge on any atom is 0.433 e. The molecule has 3 aromatic carbocycles. The summed E-state index contributed by atoms with van der Waals surface area (Å²) in [6, 6.07) is 18.8. The van der Waals surface area contributed by atoms with Gasteiger partial charge in [0.15, 0.2) is 0 Å². The van der Waals surface area contributed by atoms with E-state index < -0.39 is 23.7 Å². The fourth-order valence-corrected chi connectivity index (χ4v) is 7.48. The van der Waals surface area contributed by atoms with Gasteiger partial charge < -0.3 is 30.3 Å². The van der Waals surface area contributed by atoms with Gasteiger partial charge in [-0.3, -0.25) is 24.4 Å². The van der Waals surface area contributed by atoms with Crippen LogP contribution in [0.1, 0.15) is 69.4 Å². The van der Waals surface area contributed by atoms with Gasteiger partial charge in [-0.25, -0.2) is 9.78 Å². The van der Waals surface area contributed by atoms with Crippen molar-refractivity contribution in [3.8, 4) is 17.2 Å². The number of urea groups is 1. The van der Waals surface area contributed by atoms with E-state index in [-0.39, 0.29) is 36.6 Å². The summed E-state index contributed by atoms with van der Waals surface area (Å²) < 4.78 is 52.9. The minimum Gasteiger partial charge on any atom is -0.494 e. The zero-order chi connectivity index (χ0) is 41.7. The molecular formula is C42H43F3N8O6. The summed E-state index contributed by atoms with van der Waals surface area (Å²) in [7, 11) is 3.47. The second kappa shape index (κ2) is 17.6. The van der Waals surface area contributed by atoms with Crippen molar-refractivity contribution in [2.45, 2.75) is 50.9 Å². The normalized spacial score (nSPS) is 16.6. The van der Waals surface area contributed by atoms with E-state index in [0.717, 1.165) is 55.3 Å². The van der Waals surface area contributed by atoms with Crippen LogP contribution in [0.4, 0.5) is 23.7 Å². The highest BCUT2D eigenvalue weighted by Crippen LogP contribution is 2.36. The van der Waals surface area contributed by atoms with E-state index in [9.17, 15) is 32.3 Å². The van der Waals surface area contributed by atoms with Crippen molar-refractivity contribution in [3.63, 3.8) is 0 Å². The van der Waals surface area contributed by atoms with Crippen LogP contribution in [-0.2, 0) is 23.9 Å². The highest BCUT2D eigenvalue weighted by molar-refractivity contribution is 6.11. The largest absolute Gasteiger partial charge is 0.494 e. The molecule has 1 aliphatic heterocycles. The number of halogens is 3. The topological polar surface area (TPSA) is 169 Å². The van der Waals surface area contributed by atoms with Gasteiger partial charge in [-0.15, -0.1) is 0 Å². The van der Waals surface area contributed by atoms with Crippen molar-refractivity contribution in [2.75, 3.05) is 39.1 Å². The number of hydrogen-bond donors (Lipinski definition) is 4. The Morgan fingerprint density at radius 3 is 2.53 bits per heavy atom. The van der Waals surface area contributed by atoms with Crippen LogP contribution in [0.15, 0.2) is 79.0 Å². The van der Waals surface area contributed by atoms with Crippen molar-refractivity contribution in [2.24, 2.45) is 5.92 Å². The molecule has 0 saturated heterocycles. The van der Waals surface area contributed by atoms with E-state index in [0.29, 0.717) is 58.6 Å². The lowest BCUT2D eigenvalue weighted by Crippen LogP contribution is -2.40. The average molecular weight is 813 g/mol. The minimum atomic E-state index is -4.68. The molecule has 2 aliphatic rings. The number of ether oxygens (including phenoxy) is 2. The third kappa shape index (κ3) is 9.97. The van der Waals surface area contributed by atoms with Gasteiger partial charge in [0.1, 0.15) is 28.6 Å². The number of imide groups is 1. The number of likely N-dealkylation sites (N-methyl/N-ethyl adjacent to an activating group) is 1. The molecule has 5 aromatic rings. The number of nitrogens with zero attached hydrogens (tertiary/aromatic N) is 4. The molecule has 2 aromatic heterocycles. The molecule has 308 valence electrons. The van der Waals surface area contributed by atoms with Gasteiger partial charge in [-0.1, -0.05) is 30.3 Å². The zero-order valence-corrected chi connectivity index (χ0v) is 32.4. The van der Waals surface area contributed by atoms with Crippen LogP contribution in [-0.4, -0.2) is 77.2 Å². The molecule has 1 fully saturated rings. The average Bonchev–Trinajstić information content (AvgIpc) is 3.62. The number of anilines is 1. The van der Waals surface area contributed by atoms with Crippen molar-refractivity contribution in [3.05, 3.63) is 107 Å². The standard InChI is InChI=1S/C42H43F3N8O6/c1-52(17-16-46-41(57)47-22-26-6-3-8-30(18-26)59-34-10-4-7-27-20-37(54)50-40(56)38(27)34)23-25-12-14-29(15-13-25)53-24-28-19-33(35(58-2)21-32(28)51-53)49-39(55)31-9-5-11-36(48-31)42(43,44)45/h3-11,18-19,21,24-25,29H,12-17,20,22-23H2,1-2H3,(H,49,55)(H2,46,47,57)(H,50,54,56). The highest BCUT2D eigenvalue weighted by atomic mass is 19.4. The fraction of sp³-hybridized carbons (Fsp3) is 0.333. The Morgan fingerprint density at radius 2 is 1.75 bits per heavy atom. The summed E-state index contributed by atoms with van der Waals surface area (Å²) >= 11 is 0. The Balaban J connectivity index is 0.840. The van der Waals surface area contributed by atoms with Gasteiger partial charge in [0.2, 0.25) is 5.91 Å². The molecule has 59 heavy (non-hydrogen) atoms. The number of alkyl halides is 3. The summed E-state index contributed by atoms with van der Waals surface area (Å²) in [5.74, 6) is 0.00313. The van der Waals surface area contributed by atoms with Gasteiger partial charge in [0.05, 0.1) is 36.3 Å². The van der Waals surface area contributed by atoms with E-state index >= 15 is 0 Å². The summed E-state index contributed by atoms with van der Waals surface area (Å²) in [6.45, 7) is 2.29. The SMILES string of the molecule is COc1cc2nn(C3CCC(CN(C)CCNC(=O)NCc4cccc(Oc5cccc6c5C(=O)NC(=O)C6)c4)CC3)cc2cc1NC(=O)c1cccc(C(F)(F)F)n1. The molecular weight excluding hydrogens is 770 g/mol. The number of carbonyl (C=O) groups is 4. The Labute approximate surface area is 337 Å². The summed E-state index contributed by atoms with van der Waals surface area (Å²) in [5.41, 5.74) is 1.18.